The number of ether oxygens (including phenoxy) is 3. The predicted octanol–water partition coefficient (Wildman–Crippen LogP) is 4.79. The van der Waals surface area contributed by atoms with E-state index in [1.54, 1.807) is 37.3 Å². The van der Waals surface area contributed by atoms with Gasteiger partial charge in [0, 0.05) is 17.0 Å². The zero-order valence-corrected chi connectivity index (χ0v) is 20.2. The monoisotopic (exact) mass is 519 g/mol. The molecular weight excluding hydrogens is 499 g/mol. The van der Waals surface area contributed by atoms with E-state index in [0.717, 1.165) is 20.4 Å². The van der Waals surface area contributed by atoms with Crippen LogP contribution in [0.25, 0.3) is 27.0 Å². The number of halogens is 3. The second-order valence-corrected chi connectivity index (χ2v) is 8.39. The average Bonchev–Trinajstić information content (AvgIpc) is 3.25. The van der Waals surface area contributed by atoms with Crippen LogP contribution in [-0.4, -0.2) is 40.2 Å². The van der Waals surface area contributed by atoms with Gasteiger partial charge in [0.15, 0.2) is 12.3 Å². The van der Waals surface area contributed by atoms with Gasteiger partial charge in [-0.1, -0.05) is 6.07 Å². The van der Waals surface area contributed by atoms with E-state index in [1.807, 2.05) is 13.0 Å². The highest BCUT2D eigenvalue weighted by Gasteiger charge is 2.34. The Hall–Kier alpha value is -3.93. The zero-order valence-electron chi connectivity index (χ0n) is 19.4. The van der Waals surface area contributed by atoms with E-state index in [4.69, 9.17) is 9.47 Å². The van der Waals surface area contributed by atoms with E-state index in [-0.39, 0.29) is 18.9 Å². The Labute approximate surface area is 207 Å². The molecule has 188 valence electrons. The molecule has 0 fully saturated rings. The first-order valence-electron chi connectivity index (χ1n) is 10.7. The molecule has 0 spiro atoms. The minimum Gasteiger partial charge on any atom is -0.482 e. The van der Waals surface area contributed by atoms with Gasteiger partial charge in [0.1, 0.15) is 5.75 Å². The Morgan fingerprint density at radius 3 is 2.58 bits per heavy atom. The number of alkyl halides is 3. The molecule has 0 amide bonds. The fourth-order valence-electron chi connectivity index (χ4n) is 3.48. The lowest BCUT2D eigenvalue weighted by Gasteiger charge is -2.14. The smallest absolute Gasteiger partial charge is 0.433 e. The number of hydrogen-bond donors (Lipinski definition) is 0. The van der Waals surface area contributed by atoms with Gasteiger partial charge in [-0.05, 0) is 61.3 Å². The molecule has 0 aliphatic heterocycles. The van der Waals surface area contributed by atoms with Crippen LogP contribution in [0.3, 0.4) is 0 Å². The molecule has 0 aliphatic rings. The van der Waals surface area contributed by atoms with Crippen molar-refractivity contribution >= 4 is 27.6 Å². The van der Waals surface area contributed by atoms with Crippen molar-refractivity contribution in [1.29, 1.82) is 0 Å². The molecule has 12 heteroatoms. The summed E-state index contributed by atoms with van der Waals surface area (Å²) in [5.41, 5.74) is 0.202. The Morgan fingerprint density at radius 1 is 1.11 bits per heavy atom. The van der Waals surface area contributed by atoms with Gasteiger partial charge in [-0.2, -0.15) is 22.5 Å². The number of aryl methyl sites for hydroxylation is 1. The van der Waals surface area contributed by atoms with E-state index < -0.39 is 29.4 Å². The number of carbonyl (C=O) groups excluding carboxylic acids is 1. The highest BCUT2D eigenvalue weighted by molar-refractivity contribution is 7.13. The topological polar surface area (TPSA) is 92.5 Å². The number of hydrogen-bond acceptors (Lipinski definition) is 8. The van der Waals surface area contributed by atoms with Crippen molar-refractivity contribution in [2.45, 2.75) is 20.0 Å². The fraction of sp³-hybridized carbons (Fsp3) is 0.250. The summed E-state index contributed by atoms with van der Waals surface area (Å²) in [6.45, 7) is 3.22. The van der Waals surface area contributed by atoms with Crippen LogP contribution in [0, 0.1) is 6.92 Å². The van der Waals surface area contributed by atoms with Crippen LogP contribution < -0.4 is 15.0 Å². The summed E-state index contributed by atoms with van der Waals surface area (Å²) in [6.07, 6.45) is -4.79. The van der Waals surface area contributed by atoms with E-state index >= 15 is 0 Å². The van der Waals surface area contributed by atoms with Crippen molar-refractivity contribution in [3.63, 3.8) is 0 Å². The maximum atomic E-state index is 13.2. The highest BCUT2D eigenvalue weighted by atomic mass is 32.1. The summed E-state index contributed by atoms with van der Waals surface area (Å²) in [7, 11) is 1.26. The molecule has 0 unspecified atom stereocenters. The van der Waals surface area contributed by atoms with Crippen LogP contribution in [0.1, 0.15) is 18.2 Å². The van der Waals surface area contributed by atoms with Gasteiger partial charge >= 0.3 is 18.2 Å². The van der Waals surface area contributed by atoms with Crippen molar-refractivity contribution in [3.8, 4) is 28.7 Å². The molecule has 4 aromatic rings. The second kappa shape index (κ2) is 9.97. The first-order chi connectivity index (χ1) is 17.1. The molecule has 36 heavy (non-hydrogen) atoms. The highest BCUT2D eigenvalue weighted by Crippen LogP contribution is 2.36. The molecule has 0 saturated heterocycles. The standard InChI is InChI=1S/C24H20F3N3O5S/c1-4-34-23-28-19(24(25,26)27)11-20(31)30(23)14-6-8-18-17(9-14)22(29-36-18)16-10-15(7-5-13(16)2)35-12-21(32)33-3/h5-11H,4,12H2,1-3H3. The summed E-state index contributed by atoms with van der Waals surface area (Å²) in [6, 6.07) is 10.2. The Morgan fingerprint density at radius 2 is 1.89 bits per heavy atom. The molecule has 8 nitrogen and oxygen atoms in total. The van der Waals surface area contributed by atoms with Crippen LogP contribution >= 0.6 is 11.5 Å². The van der Waals surface area contributed by atoms with Crippen LogP contribution in [0.5, 0.6) is 11.8 Å². The average molecular weight is 520 g/mol. The Bertz CT molecular complexity index is 1500. The molecule has 0 atom stereocenters. The normalized spacial score (nSPS) is 11.5. The molecule has 0 N–H and O–H groups in total. The van der Waals surface area contributed by atoms with E-state index in [0.29, 0.717) is 22.9 Å². The third kappa shape index (κ3) is 5.03. The molecule has 0 saturated carbocycles. The SMILES string of the molecule is CCOc1nc(C(F)(F)F)cc(=O)n1-c1ccc2snc(-c3cc(OCC(=O)OC)ccc3C)c2c1. The molecule has 0 bridgehead atoms. The molecular formula is C24H20F3N3O5S. The molecule has 2 aromatic heterocycles. The van der Waals surface area contributed by atoms with Gasteiger partial charge < -0.3 is 14.2 Å². The molecule has 2 heterocycles. The van der Waals surface area contributed by atoms with Gasteiger partial charge in [0.05, 0.1) is 29.8 Å². The number of rotatable bonds is 7. The van der Waals surface area contributed by atoms with Crippen molar-refractivity contribution in [1.82, 2.24) is 13.9 Å². The maximum Gasteiger partial charge on any atom is 0.433 e. The van der Waals surface area contributed by atoms with Gasteiger partial charge in [-0.25, -0.2) is 9.36 Å². The first kappa shape index (κ1) is 25.2. The minimum absolute atomic E-state index is 0.0127. The van der Waals surface area contributed by atoms with Crippen LogP contribution in [0.15, 0.2) is 47.3 Å². The molecule has 0 aliphatic carbocycles. The number of esters is 1. The van der Waals surface area contributed by atoms with Crippen LogP contribution in [-0.2, 0) is 15.7 Å². The Kier molecular flexibility index (Phi) is 6.97. The van der Waals surface area contributed by atoms with Crippen molar-refractivity contribution < 1.29 is 32.2 Å². The van der Waals surface area contributed by atoms with Gasteiger partial charge in [0.2, 0.25) is 0 Å². The van der Waals surface area contributed by atoms with Crippen molar-refractivity contribution in [2.75, 3.05) is 20.3 Å². The summed E-state index contributed by atoms with van der Waals surface area (Å²) < 4.78 is 61.3. The van der Waals surface area contributed by atoms with Gasteiger partial charge in [-0.15, -0.1) is 0 Å². The third-order valence-corrected chi connectivity index (χ3v) is 6.04. The van der Waals surface area contributed by atoms with Crippen molar-refractivity contribution in [2.24, 2.45) is 0 Å². The van der Waals surface area contributed by atoms with E-state index in [1.165, 1.54) is 18.6 Å². The fourth-order valence-corrected chi connectivity index (χ4v) is 4.25. The van der Waals surface area contributed by atoms with E-state index in [9.17, 15) is 22.8 Å². The lowest BCUT2D eigenvalue weighted by Crippen LogP contribution is -2.25. The van der Waals surface area contributed by atoms with Crippen LogP contribution in [0.2, 0.25) is 0 Å². The lowest BCUT2D eigenvalue weighted by molar-refractivity contribution is -0.143. The van der Waals surface area contributed by atoms with Gasteiger partial charge in [0.25, 0.3) is 5.56 Å². The van der Waals surface area contributed by atoms with E-state index in [2.05, 4.69) is 14.1 Å². The molecule has 0 radical (unpaired) electrons. The summed E-state index contributed by atoms with van der Waals surface area (Å²) >= 11 is 1.23. The third-order valence-electron chi connectivity index (χ3n) is 5.21. The number of methoxy groups -OCH3 is 1. The number of carbonyl (C=O) groups is 1. The second-order valence-electron chi connectivity index (χ2n) is 7.58. The summed E-state index contributed by atoms with van der Waals surface area (Å²) in [4.78, 5) is 27.7. The largest absolute Gasteiger partial charge is 0.482 e. The number of fused-ring (bicyclic) bond motifs is 1. The predicted molar refractivity (Wildman–Crippen MR) is 127 cm³/mol. The molecule has 2 aromatic carbocycles. The number of aromatic nitrogens is 3. The first-order valence-corrected chi connectivity index (χ1v) is 11.4. The number of benzene rings is 2. The Balaban J connectivity index is 1.83. The van der Waals surface area contributed by atoms with Gasteiger partial charge in [-0.3, -0.25) is 4.79 Å². The lowest BCUT2D eigenvalue weighted by atomic mass is 10.0. The van der Waals surface area contributed by atoms with Crippen LogP contribution in [0.4, 0.5) is 13.2 Å². The molecule has 4 rings (SSSR count). The maximum absolute atomic E-state index is 13.2. The minimum atomic E-state index is -4.79. The zero-order chi connectivity index (χ0) is 26.0. The quantitative estimate of drug-likeness (QED) is 0.324. The summed E-state index contributed by atoms with van der Waals surface area (Å²) in [5.74, 6) is -0.0957. The van der Waals surface area contributed by atoms with Crippen molar-refractivity contribution in [3.05, 3.63) is 64.1 Å². The number of nitrogens with zero attached hydrogens (tertiary/aromatic N) is 3. The summed E-state index contributed by atoms with van der Waals surface area (Å²) in [5, 5.41) is 0.667.